The van der Waals surface area contributed by atoms with E-state index in [1.807, 2.05) is 49.0 Å². The molecule has 176 valence electrons. The third kappa shape index (κ3) is 6.04. The first-order valence-corrected chi connectivity index (χ1v) is 11.6. The Morgan fingerprint density at radius 1 is 1.33 bits per heavy atom. The second kappa shape index (κ2) is 10.2. The average molecular weight is 449 g/mol. The summed E-state index contributed by atoms with van der Waals surface area (Å²) in [4.78, 5) is 15.8. The lowest BCUT2D eigenvalue weighted by Gasteiger charge is -2.33. The number of nitrogens with zero attached hydrogens (tertiary/aromatic N) is 2. The molecule has 0 aliphatic heterocycles. The van der Waals surface area contributed by atoms with Crippen molar-refractivity contribution in [1.82, 2.24) is 9.55 Å². The van der Waals surface area contributed by atoms with Gasteiger partial charge in [0.1, 0.15) is 18.2 Å². The quantitative estimate of drug-likeness (QED) is 0.449. The van der Waals surface area contributed by atoms with Gasteiger partial charge in [0.2, 0.25) is 0 Å². The van der Waals surface area contributed by atoms with Crippen LogP contribution in [0.15, 0.2) is 71.6 Å². The highest BCUT2D eigenvalue weighted by molar-refractivity contribution is 5.68. The smallest absolute Gasteiger partial charge is 0.304 e. The average Bonchev–Trinajstić information content (AvgIpc) is 3.16. The molecule has 1 aromatic carbocycles. The number of aryl methyl sites for hydroxylation is 1. The first-order valence-electron chi connectivity index (χ1n) is 11.6. The first kappa shape index (κ1) is 24.6. The number of imidazole rings is 1. The van der Waals surface area contributed by atoms with E-state index in [0.717, 1.165) is 34.7 Å². The fourth-order valence-corrected chi connectivity index (χ4v) is 4.63. The van der Waals surface area contributed by atoms with E-state index < -0.39 is 5.97 Å². The largest absolute Gasteiger partial charge is 0.489 e. The number of rotatable bonds is 9. The summed E-state index contributed by atoms with van der Waals surface area (Å²) >= 11 is 0. The molecule has 1 aromatic heterocycles. The van der Waals surface area contributed by atoms with E-state index in [4.69, 9.17) is 4.74 Å². The van der Waals surface area contributed by atoms with Crippen molar-refractivity contribution >= 4 is 5.97 Å². The van der Waals surface area contributed by atoms with Gasteiger partial charge in [-0.15, -0.1) is 0 Å². The van der Waals surface area contributed by atoms with Gasteiger partial charge in [0, 0.05) is 19.4 Å². The second-order valence-corrected chi connectivity index (χ2v) is 9.79. The molecule has 5 nitrogen and oxygen atoms in total. The Kier molecular flexibility index (Phi) is 7.62. The van der Waals surface area contributed by atoms with E-state index in [1.54, 1.807) is 6.20 Å². The van der Waals surface area contributed by atoms with Gasteiger partial charge in [-0.1, -0.05) is 49.8 Å². The van der Waals surface area contributed by atoms with Crippen LogP contribution < -0.4 is 4.74 Å². The molecule has 0 radical (unpaired) electrons. The summed E-state index contributed by atoms with van der Waals surface area (Å²) in [6, 6.07) is 7.66. The predicted octanol–water partition coefficient (Wildman–Crippen LogP) is 6.43. The van der Waals surface area contributed by atoms with Crippen molar-refractivity contribution in [3.05, 3.63) is 83.0 Å². The van der Waals surface area contributed by atoms with Gasteiger partial charge in [-0.05, 0) is 67.4 Å². The number of ether oxygens (including phenoxy) is 1. The van der Waals surface area contributed by atoms with Gasteiger partial charge < -0.3 is 14.4 Å². The van der Waals surface area contributed by atoms with Crippen LogP contribution in [0.1, 0.15) is 70.7 Å². The summed E-state index contributed by atoms with van der Waals surface area (Å²) in [6.07, 6.45) is 9.36. The monoisotopic (exact) mass is 448 g/mol. The van der Waals surface area contributed by atoms with E-state index in [0.29, 0.717) is 6.61 Å². The molecule has 3 rings (SSSR count). The predicted molar refractivity (Wildman–Crippen MR) is 132 cm³/mol. The normalized spacial score (nSPS) is 17.1. The fourth-order valence-electron chi connectivity index (χ4n) is 4.63. The van der Waals surface area contributed by atoms with Gasteiger partial charge in [0.15, 0.2) is 0 Å². The summed E-state index contributed by atoms with van der Waals surface area (Å²) in [5.74, 6) is 0.311. The zero-order chi connectivity index (χ0) is 24.2. The lowest BCUT2D eigenvalue weighted by atomic mass is 9.72. The zero-order valence-corrected chi connectivity index (χ0v) is 20.5. The molecule has 1 unspecified atom stereocenters. The van der Waals surface area contributed by atoms with E-state index in [1.165, 1.54) is 24.0 Å². The number of aliphatic carboxylic acids is 1. The lowest BCUT2D eigenvalue weighted by molar-refractivity contribution is -0.137. The third-order valence-electron chi connectivity index (χ3n) is 6.63. The summed E-state index contributed by atoms with van der Waals surface area (Å²) in [6.45, 7) is 13.5. The summed E-state index contributed by atoms with van der Waals surface area (Å²) in [7, 11) is 1.88. The van der Waals surface area contributed by atoms with Crippen LogP contribution in [-0.4, -0.2) is 27.2 Å². The Bertz CT molecular complexity index is 1070. The van der Waals surface area contributed by atoms with E-state index in [2.05, 4.69) is 38.4 Å². The summed E-state index contributed by atoms with van der Waals surface area (Å²) in [5, 5.41) is 9.40. The van der Waals surface area contributed by atoms with Crippen LogP contribution in [0.5, 0.6) is 5.75 Å². The van der Waals surface area contributed by atoms with E-state index >= 15 is 0 Å². The molecule has 2 aromatic rings. The number of aromatic nitrogens is 2. The number of allylic oxidation sites excluding steroid dienone is 3. The molecule has 5 heteroatoms. The van der Waals surface area contributed by atoms with Crippen LogP contribution in [0.2, 0.25) is 0 Å². The topological polar surface area (TPSA) is 64.3 Å². The molecule has 0 bridgehead atoms. The molecule has 0 fully saturated rings. The fraction of sp³-hybridized carbons (Fsp3) is 0.429. The van der Waals surface area contributed by atoms with Crippen LogP contribution in [0.25, 0.3) is 0 Å². The first-order chi connectivity index (χ1) is 15.6. The molecule has 1 aliphatic rings. The molecule has 0 spiro atoms. The van der Waals surface area contributed by atoms with Gasteiger partial charge in [-0.3, -0.25) is 4.79 Å². The number of hydrogen-bond donors (Lipinski definition) is 1. The van der Waals surface area contributed by atoms with Crippen LogP contribution in [0, 0.1) is 5.41 Å². The summed E-state index contributed by atoms with van der Waals surface area (Å²) in [5.41, 5.74) is 6.02. The van der Waals surface area contributed by atoms with Crippen LogP contribution in [0.3, 0.4) is 0 Å². The standard InChI is InChI=1S/C28H36N2O3/c1-19(2)22(16-25-20(3)8-7-13-28(25,4)5)18-33-23-11-9-21(10-12-23)24(17-26(31)32)27-29-14-15-30(27)6/h9-12,14-16,24H,1,7-8,13,17-18H2,2-6H3,(H,31,32)/b22-16-. The zero-order valence-electron chi connectivity index (χ0n) is 20.5. The van der Waals surface area contributed by atoms with E-state index in [-0.39, 0.29) is 17.8 Å². The minimum absolute atomic E-state index is 0.0160. The van der Waals surface area contributed by atoms with Gasteiger partial charge in [-0.2, -0.15) is 0 Å². The second-order valence-electron chi connectivity index (χ2n) is 9.79. The Labute approximate surface area is 197 Å². The highest BCUT2D eigenvalue weighted by Gasteiger charge is 2.27. The molecule has 0 amide bonds. The Morgan fingerprint density at radius 2 is 2.03 bits per heavy atom. The molecule has 1 atom stereocenters. The lowest BCUT2D eigenvalue weighted by Crippen LogP contribution is -2.20. The van der Waals surface area contributed by atoms with Gasteiger partial charge in [0.05, 0.1) is 12.3 Å². The van der Waals surface area contributed by atoms with Crippen molar-refractivity contribution in [2.75, 3.05) is 6.61 Å². The molecule has 0 saturated heterocycles. The molecular formula is C28H36N2O3. The maximum absolute atomic E-state index is 11.5. The molecule has 1 aliphatic carbocycles. The van der Waals surface area contributed by atoms with Gasteiger partial charge in [0.25, 0.3) is 0 Å². The van der Waals surface area contributed by atoms with Crippen LogP contribution >= 0.6 is 0 Å². The molecule has 1 heterocycles. The molecule has 33 heavy (non-hydrogen) atoms. The summed E-state index contributed by atoms with van der Waals surface area (Å²) < 4.78 is 7.98. The van der Waals surface area contributed by atoms with Crippen molar-refractivity contribution in [2.24, 2.45) is 12.5 Å². The number of benzene rings is 1. The van der Waals surface area contributed by atoms with E-state index in [9.17, 15) is 9.90 Å². The molecule has 0 saturated carbocycles. The van der Waals surface area contributed by atoms with Crippen LogP contribution in [-0.2, 0) is 11.8 Å². The maximum atomic E-state index is 11.5. The number of carbonyl (C=O) groups is 1. The number of carboxylic acid groups (broad SMARTS) is 1. The number of hydrogen-bond acceptors (Lipinski definition) is 3. The molecule has 1 N–H and O–H groups in total. The minimum atomic E-state index is -0.852. The third-order valence-corrected chi connectivity index (χ3v) is 6.63. The van der Waals surface area contributed by atoms with Crippen molar-refractivity contribution in [1.29, 1.82) is 0 Å². The highest BCUT2D eigenvalue weighted by Crippen LogP contribution is 2.41. The van der Waals surface area contributed by atoms with Crippen molar-refractivity contribution in [3.63, 3.8) is 0 Å². The van der Waals surface area contributed by atoms with Crippen molar-refractivity contribution in [2.45, 2.75) is 59.3 Å². The molecular weight excluding hydrogens is 412 g/mol. The maximum Gasteiger partial charge on any atom is 0.304 e. The number of carboxylic acids is 1. The SMILES string of the molecule is C=C(C)/C(=C\C1=C(C)CCCC1(C)C)COc1ccc(C(CC(=O)O)c2nccn2C)cc1. The highest BCUT2D eigenvalue weighted by atomic mass is 16.5. The minimum Gasteiger partial charge on any atom is -0.489 e. The van der Waals surface area contributed by atoms with Crippen LogP contribution in [0.4, 0.5) is 0 Å². The Hall–Kier alpha value is -3.08. The van der Waals surface area contributed by atoms with Crippen molar-refractivity contribution < 1.29 is 14.6 Å². The Balaban J connectivity index is 1.78. The van der Waals surface area contributed by atoms with Gasteiger partial charge >= 0.3 is 5.97 Å². The van der Waals surface area contributed by atoms with Gasteiger partial charge in [-0.25, -0.2) is 4.98 Å². The van der Waals surface area contributed by atoms with Crippen molar-refractivity contribution in [3.8, 4) is 5.75 Å². The Morgan fingerprint density at radius 3 is 2.58 bits per heavy atom.